The lowest BCUT2D eigenvalue weighted by molar-refractivity contribution is -0.885. The Labute approximate surface area is 152 Å². The number of likely N-dealkylation sites (N-methyl/N-ethyl adjacent to an activating group) is 1. The fourth-order valence-corrected chi connectivity index (χ4v) is 2.39. The van der Waals surface area contributed by atoms with E-state index in [1.807, 2.05) is 6.07 Å². The molecule has 2 amide bonds. The number of para-hydroxylation sites is 2. The Bertz CT molecular complexity index is 782. The van der Waals surface area contributed by atoms with Gasteiger partial charge < -0.3 is 20.3 Å². The molecule has 1 unspecified atom stereocenters. The fourth-order valence-electron chi connectivity index (χ4n) is 2.39. The van der Waals surface area contributed by atoms with Crippen LogP contribution in [0.2, 0.25) is 0 Å². The molecule has 7 heteroatoms. The molecule has 0 heterocycles. The number of quaternary nitrogens is 1. The van der Waals surface area contributed by atoms with Crippen molar-refractivity contribution < 1.29 is 23.6 Å². The third kappa shape index (κ3) is 5.29. The van der Waals surface area contributed by atoms with E-state index in [4.69, 9.17) is 4.74 Å². The van der Waals surface area contributed by atoms with Crippen molar-refractivity contribution in [2.75, 3.05) is 31.3 Å². The molecular formula is C19H23FN3O3+. The van der Waals surface area contributed by atoms with Crippen molar-refractivity contribution in [2.45, 2.75) is 13.0 Å². The van der Waals surface area contributed by atoms with E-state index in [2.05, 4.69) is 10.6 Å². The third-order valence-corrected chi connectivity index (χ3v) is 4.05. The monoisotopic (exact) mass is 360 g/mol. The SMILES string of the molecule is COc1ccccc1NC(=O)[C@@H](C)[NH+](C)CC(=O)Nc1cccc(F)c1. The number of carbonyl (C=O) groups is 2. The highest BCUT2D eigenvalue weighted by molar-refractivity contribution is 5.95. The summed E-state index contributed by atoms with van der Waals surface area (Å²) in [6.07, 6.45) is 0. The van der Waals surface area contributed by atoms with Crippen molar-refractivity contribution in [1.82, 2.24) is 0 Å². The molecule has 2 atom stereocenters. The van der Waals surface area contributed by atoms with Crippen LogP contribution >= 0.6 is 0 Å². The summed E-state index contributed by atoms with van der Waals surface area (Å²) in [5.41, 5.74) is 0.956. The average molecular weight is 360 g/mol. The van der Waals surface area contributed by atoms with Gasteiger partial charge in [0.1, 0.15) is 11.6 Å². The Hall–Kier alpha value is -2.93. The van der Waals surface area contributed by atoms with Gasteiger partial charge in [0.25, 0.3) is 11.8 Å². The molecule has 0 radical (unpaired) electrons. The van der Waals surface area contributed by atoms with Gasteiger partial charge in [0, 0.05) is 5.69 Å². The molecule has 0 aromatic heterocycles. The average Bonchev–Trinajstić information content (AvgIpc) is 2.61. The molecule has 0 aliphatic carbocycles. The van der Waals surface area contributed by atoms with Crippen LogP contribution in [0.1, 0.15) is 6.92 Å². The summed E-state index contributed by atoms with van der Waals surface area (Å²) < 4.78 is 18.4. The van der Waals surface area contributed by atoms with Crippen molar-refractivity contribution in [3.05, 3.63) is 54.3 Å². The zero-order chi connectivity index (χ0) is 19.1. The minimum Gasteiger partial charge on any atom is -0.495 e. The molecule has 138 valence electrons. The van der Waals surface area contributed by atoms with Gasteiger partial charge in [-0.05, 0) is 37.3 Å². The van der Waals surface area contributed by atoms with E-state index in [1.165, 1.54) is 25.3 Å². The minimum atomic E-state index is -0.474. The van der Waals surface area contributed by atoms with Crippen molar-refractivity contribution in [3.8, 4) is 5.75 Å². The van der Waals surface area contributed by atoms with Gasteiger partial charge in [0.15, 0.2) is 12.6 Å². The Morgan fingerprint density at radius 1 is 1.15 bits per heavy atom. The Kier molecular flexibility index (Phi) is 6.68. The second kappa shape index (κ2) is 8.96. The van der Waals surface area contributed by atoms with Crippen molar-refractivity contribution >= 4 is 23.2 Å². The molecule has 2 aromatic rings. The number of benzene rings is 2. The van der Waals surface area contributed by atoms with Crippen LogP contribution in [0.15, 0.2) is 48.5 Å². The normalized spacial score (nSPS) is 12.8. The van der Waals surface area contributed by atoms with Crippen LogP contribution in [0, 0.1) is 5.82 Å². The van der Waals surface area contributed by atoms with Gasteiger partial charge >= 0.3 is 0 Å². The van der Waals surface area contributed by atoms with Gasteiger partial charge in [0.05, 0.1) is 19.8 Å². The van der Waals surface area contributed by atoms with Gasteiger partial charge in [-0.25, -0.2) is 4.39 Å². The van der Waals surface area contributed by atoms with Crippen molar-refractivity contribution in [1.29, 1.82) is 0 Å². The number of rotatable bonds is 7. The first-order valence-corrected chi connectivity index (χ1v) is 8.22. The summed E-state index contributed by atoms with van der Waals surface area (Å²) in [6.45, 7) is 1.80. The zero-order valence-electron chi connectivity index (χ0n) is 15.0. The molecular weight excluding hydrogens is 337 g/mol. The highest BCUT2D eigenvalue weighted by atomic mass is 19.1. The molecule has 0 bridgehead atoms. The second-order valence-corrected chi connectivity index (χ2v) is 5.99. The maximum atomic E-state index is 13.2. The molecule has 0 saturated carbocycles. The first-order valence-electron chi connectivity index (χ1n) is 8.22. The highest BCUT2D eigenvalue weighted by Gasteiger charge is 2.24. The lowest BCUT2D eigenvalue weighted by Crippen LogP contribution is -3.14. The van der Waals surface area contributed by atoms with E-state index in [-0.39, 0.29) is 18.4 Å². The standard InChI is InChI=1S/C19H22FN3O3/c1-13(19(25)22-16-9-4-5-10-17(16)26-3)23(2)12-18(24)21-15-8-6-7-14(20)11-15/h4-11,13H,12H2,1-3H3,(H,21,24)(H,22,25)/p+1/t13-/m1/s1. The van der Waals surface area contributed by atoms with Crippen LogP contribution in [0.5, 0.6) is 5.75 Å². The van der Waals surface area contributed by atoms with E-state index in [1.54, 1.807) is 38.2 Å². The van der Waals surface area contributed by atoms with Crippen LogP contribution < -0.4 is 20.3 Å². The van der Waals surface area contributed by atoms with Gasteiger partial charge in [-0.3, -0.25) is 9.59 Å². The number of amides is 2. The first kappa shape index (κ1) is 19.4. The summed E-state index contributed by atoms with van der Waals surface area (Å²) >= 11 is 0. The van der Waals surface area contributed by atoms with Gasteiger partial charge in [-0.1, -0.05) is 18.2 Å². The van der Waals surface area contributed by atoms with E-state index < -0.39 is 11.9 Å². The van der Waals surface area contributed by atoms with Crippen LogP contribution in [-0.2, 0) is 9.59 Å². The fraction of sp³-hybridized carbons (Fsp3) is 0.263. The van der Waals surface area contributed by atoms with Crippen molar-refractivity contribution in [2.24, 2.45) is 0 Å². The van der Waals surface area contributed by atoms with Gasteiger partial charge in [0.2, 0.25) is 0 Å². The number of methoxy groups -OCH3 is 1. The van der Waals surface area contributed by atoms with E-state index >= 15 is 0 Å². The molecule has 0 aliphatic heterocycles. The summed E-state index contributed by atoms with van der Waals surface area (Å²) in [5, 5.41) is 5.43. The molecule has 2 rings (SSSR count). The lowest BCUT2D eigenvalue weighted by atomic mass is 10.2. The molecule has 0 spiro atoms. The molecule has 3 N–H and O–H groups in total. The smallest absolute Gasteiger partial charge is 0.282 e. The summed E-state index contributed by atoms with van der Waals surface area (Å²) in [7, 11) is 3.28. The Balaban J connectivity index is 1.92. The Morgan fingerprint density at radius 2 is 1.88 bits per heavy atom. The minimum absolute atomic E-state index is 0.0665. The van der Waals surface area contributed by atoms with E-state index in [9.17, 15) is 14.0 Å². The summed E-state index contributed by atoms with van der Waals surface area (Å²) in [5.74, 6) is -0.391. The predicted octanol–water partition coefficient (Wildman–Crippen LogP) is 1.31. The maximum absolute atomic E-state index is 13.2. The molecule has 0 fully saturated rings. The third-order valence-electron chi connectivity index (χ3n) is 4.05. The van der Waals surface area contributed by atoms with Crippen LogP contribution in [0.3, 0.4) is 0 Å². The molecule has 26 heavy (non-hydrogen) atoms. The summed E-state index contributed by atoms with van der Waals surface area (Å²) in [6, 6.07) is 12.3. The Morgan fingerprint density at radius 3 is 2.58 bits per heavy atom. The van der Waals surface area contributed by atoms with Crippen LogP contribution in [0.25, 0.3) is 0 Å². The molecule has 0 aliphatic rings. The lowest BCUT2D eigenvalue weighted by Gasteiger charge is -2.21. The molecule has 2 aromatic carbocycles. The molecule has 6 nitrogen and oxygen atoms in total. The van der Waals surface area contributed by atoms with Gasteiger partial charge in [-0.15, -0.1) is 0 Å². The summed E-state index contributed by atoms with van der Waals surface area (Å²) in [4.78, 5) is 25.3. The maximum Gasteiger partial charge on any atom is 0.282 e. The quantitative estimate of drug-likeness (QED) is 0.697. The largest absolute Gasteiger partial charge is 0.495 e. The topological polar surface area (TPSA) is 71.9 Å². The van der Waals surface area contributed by atoms with E-state index in [0.717, 1.165) is 0 Å². The second-order valence-electron chi connectivity index (χ2n) is 5.99. The number of halogens is 1. The van der Waals surface area contributed by atoms with Crippen molar-refractivity contribution in [3.63, 3.8) is 0 Å². The van der Waals surface area contributed by atoms with Gasteiger partial charge in [-0.2, -0.15) is 0 Å². The number of carbonyl (C=O) groups excluding carboxylic acids is 2. The number of ether oxygens (including phenoxy) is 1. The first-order chi connectivity index (χ1) is 12.4. The van der Waals surface area contributed by atoms with E-state index in [0.29, 0.717) is 22.0 Å². The number of hydrogen-bond donors (Lipinski definition) is 3. The number of nitrogens with one attached hydrogen (secondary N) is 3. The number of hydrogen-bond acceptors (Lipinski definition) is 3. The zero-order valence-corrected chi connectivity index (χ0v) is 15.0. The predicted molar refractivity (Wildman–Crippen MR) is 97.9 cm³/mol. The highest BCUT2D eigenvalue weighted by Crippen LogP contribution is 2.22. The molecule has 0 saturated heterocycles. The van der Waals surface area contributed by atoms with Crippen LogP contribution in [0.4, 0.5) is 15.8 Å². The van der Waals surface area contributed by atoms with Crippen LogP contribution in [-0.4, -0.2) is 38.6 Å². The number of anilines is 2.